The van der Waals surface area contributed by atoms with E-state index in [-0.39, 0.29) is 0 Å². The quantitative estimate of drug-likeness (QED) is 0.739. The third kappa shape index (κ3) is 1.80. The molecule has 0 aliphatic heterocycles. The number of nitrogens with zero attached hydrogens (tertiary/aromatic N) is 2. The molecule has 0 N–H and O–H groups in total. The van der Waals surface area contributed by atoms with Crippen LogP contribution in [-0.2, 0) is 13.5 Å². The number of rotatable bonds is 2. The first-order valence-electron chi connectivity index (χ1n) is 4.46. The van der Waals surface area contributed by atoms with Gasteiger partial charge in [-0.2, -0.15) is 0 Å². The molecule has 2 nitrogen and oxygen atoms in total. The molecule has 0 unspecified atom stereocenters. The Hall–Kier alpha value is -1.28. The summed E-state index contributed by atoms with van der Waals surface area (Å²) in [6.07, 6.45) is 4.49. The molecular formula is C11H11ClN2. The standard InChI is InChI=1S/C11H11ClN2/c1-14-8-13-7-10(14)6-9-4-2-3-5-11(9)12/h2-5,7-8H,6H2,1H3. The number of aryl methyl sites for hydroxylation is 1. The minimum absolute atomic E-state index is 0.814. The van der Waals surface area contributed by atoms with Crippen molar-refractivity contribution in [2.75, 3.05) is 0 Å². The molecule has 3 heteroatoms. The van der Waals surface area contributed by atoms with Crippen molar-refractivity contribution in [3.8, 4) is 0 Å². The molecule has 0 spiro atoms. The first-order chi connectivity index (χ1) is 6.77. The molecule has 0 amide bonds. The van der Waals surface area contributed by atoms with Crippen LogP contribution in [0.5, 0.6) is 0 Å². The van der Waals surface area contributed by atoms with E-state index in [0.29, 0.717) is 0 Å². The van der Waals surface area contributed by atoms with E-state index in [1.807, 2.05) is 42.1 Å². The lowest BCUT2D eigenvalue weighted by Crippen LogP contribution is -1.96. The van der Waals surface area contributed by atoms with E-state index in [1.54, 1.807) is 6.33 Å². The normalized spacial score (nSPS) is 10.4. The van der Waals surface area contributed by atoms with Gasteiger partial charge in [-0.05, 0) is 11.6 Å². The highest BCUT2D eigenvalue weighted by atomic mass is 35.5. The number of benzene rings is 1. The lowest BCUT2D eigenvalue weighted by molar-refractivity contribution is 0.845. The maximum atomic E-state index is 6.06. The minimum atomic E-state index is 0.814. The molecule has 72 valence electrons. The average molecular weight is 207 g/mol. The first kappa shape index (κ1) is 9.28. The van der Waals surface area contributed by atoms with Gasteiger partial charge in [-0.3, -0.25) is 0 Å². The van der Waals surface area contributed by atoms with E-state index < -0.39 is 0 Å². The summed E-state index contributed by atoms with van der Waals surface area (Å²) in [5.41, 5.74) is 2.30. The SMILES string of the molecule is Cn1cncc1Cc1ccccc1Cl. The highest BCUT2D eigenvalue weighted by molar-refractivity contribution is 6.31. The van der Waals surface area contributed by atoms with Crippen molar-refractivity contribution in [2.24, 2.45) is 7.05 Å². The average Bonchev–Trinajstić information content (AvgIpc) is 2.56. The third-order valence-electron chi connectivity index (χ3n) is 2.25. The molecule has 1 heterocycles. The van der Waals surface area contributed by atoms with E-state index in [2.05, 4.69) is 4.98 Å². The number of aromatic nitrogens is 2. The number of imidazole rings is 1. The van der Waals surface area contributed by atoms with Crippen LogP contribution >= 0.6 is 11.6 Å². The summed E-state index contributed by atoms with van der Waals surface area (Å²) >= 11 is 6.06. The monoisotopic (exact) mass is 206 g/mol. The fourth-order valence-corrected chi connectivity index (χ4v) is 1.59. The van der Waals surface area contributed by atoms with Crippen molar-refractivity contribution < 1.29 is 0 Å². The summed E-state index contributed by atoms with van der Waals surface area (Å²) in [6, 6.07) is 7.88. The lowest BCUT2D eigenvalue weighted by atomic mass is 10.1. The van der Waals surface area contributed by atoms with Crippen LogP contribution in [0.4, 0.5) is 0 Å². The molecule has 1 aromatic heterocycles. The molecule has 2 aromatic rings. The molecule has 2 rings (SSSR count). The Bertz CT molecular complexity index is 434. The van der Waals surface area contributed by atoms with Crippen LogP contribution in [-0.4, -0.2) is 9.55 Å². The maximum Gasteiger partial charge on any atom is 0.0945 e. The Morgan fingerprint density at radius 3 is 2.79 bits per heavy atom. The molecular weight excluding hydrogens is 196 g/mol. The zero-order chi connectivity index (χ0) is 9.97. The van der Waals surface area contributed by atoms with Gasteiger partial charge in [0.1, 0.15) is 0 Å². The van der Waals surface area contributed by atoms with E-state index in [4.69, 9.17) is 11.6 Å². The van der Waals surface area contributed by atoms with Gasteiger partial charge in [-0.1, -0.05) is 29.8 Å². The molecule has 1 aromatic carbocycles. The van der Waals surface area contributed by atoms with Crippen molar-refractivity contribution in [1.82, 2.24) is 9.55 Å². The molecule has 0 aliphatic carbocycles. The molecule has 0 atom stereocenters. The van der Waals surface area contributed by atoms with Crippen LogP contribution < -0.4 is 0 Å². The molecule has 0 radical (unpaired) electrons. The molecule has 0 saturated heterocycles. The molecule has 14 heavy (non-hydrogen) atoms. The smallest absolute Gasteiger partial charge is 0.0945 e. The van der Waals surface area contributed by atoms with Crippen molar-refractivity contribution in [3.05, 3.63) is 53.1 Å². The zero-order valence-corrected chi connectivity index (χ0v) is 8.70. The van der Waals surface area contributed by atoms with Gasteiger partial charge in [0.2, 0.25) is 0 Å². The summed E-state index contributed by atoms with van der Waals surface area (Å²) in [5, 5.41) is 0.814. The van der Waals surface area contributed by atoms with Crippen LogP contribution in [0.25, 0.3) is 0 Å². The van der Waals surface area contributed by atoms with Crippen LogP contribution in [0.3, 0.4) is 0 Å². The van der Waals surface area contributed by atoms with Gasteiger partial charge in [0.25, 0.3) is 0 Å². The van der Waals surface area contributed by atoms with Gasteiger partial charge in [-0.25, -0.2) is 4.98 Å². The van der Waals surface area contributed by atoms with Gasteiger partial charge in [0, 0.05) is 30.4 Å². The van der Waals surface area contributed by atoms with Crippen molar-refractivity contribution in [1.29, 1.82) is 0 Å². The lowest BCUT2D eigenvalue weighted by Gasteiger charge is -2.04. The fourth-order valence-electron chi connectivity index (χ4n) is 1.39. The Kier molecular flexibility index (Phi) is 2.55. The second kappa shape index (κ2) is 3.84. The van der Waals surface area contributed by atoms with E-state index in [9.17, 15) is 0 Å². The van der Waals surface area contributed by atoms with Crippen molar-refractivity contribution >= 4 is 11.6 Å². The minimum Gasteiger partial charge on any atom is -0.337 e. The summed E-state index contributed by atoms with van der Waals surface area (Å²) in [4.78, 5) is 4.07. The second-order valence-electron chi connectivity index (χ2n) is 3.26. The van der Waals surface area contributed by atoms with Gasteiger partial charge >= 0.3 is 0 Å². The first-order valence-corrected chi connectivity index (χ1v) is 4.84. The number of hydrogen-bond acceptors (Lipinski definition) is 1. The van der Waals surface area contributed by atoms with E-state index in [0.717, 1.165) is 22.7 Å². The molecule has 0 saturated carbocycles. The Morgan fingerprint density at radius 1 is 1.36 bits per heavy atom. The highest BCUT2D eigenvalue weighted by Crippen LogP contribution is 2.18. The topological polar surface area (TPSA) is 17.8 Å². The van der Waals surface area contributed by atoms with Gasteiger partial charge in [0.15, 0.2) is 0 Å². The van der Waals surface area contributed by atoms with Crippen LogP contribution in [0.15, 0.2) is 36.8 Å². The summed E-state index contributed by atoms with van der Waals surface area (Å²) < 4.78 is 2.00. The third-order valence-corrected chi connectivity index (χ3v) is 2.61. The van der Waals surface area contributed by atoms with E-state index in [1.165, 1.54) is 0 Å². The summed E-state index contributed by atoms with van der Waals surface area (Å²) in [6.45, 7) is 0. The van der Waals surface area contributed by atoms with Crippen molar-refractivity contribution in [2.45, 2.75) is 6.42 Å². The van der Waals surface area contributed by atoms with Crippen LogP contribution in [0.2, 0.25) is 5.02 Å². The Labute approximate surface area is 88.2 Å². The predicted octanol–water partition coefficient (Wildman–Crippen LogP) is 2.66. The number of hydrogen-bond donors (Lipinski definition) is 0. The summed E-state index contributed by atoms with van der Waals surface area (Å²) in [7, 11) is 1.99. The van der Waals surface area contributed by atoms with Crippen molar-refractivity contribution in [3.63, 3.8) is 0 Å². The van der Waals surface area contributed by atoms with Gasteiger partial charge < -0.3 is 4.57 Å². The van der Waals surface area contributed by atoms with Gasteiger partial charge in [-0.15, -0.1) is 0 Å². The second-order valence-corrected chi connectivity index (χ2v) is 3.67. The molecule has 0 fully saturated rings. The summed E-state index contributed by atoms with van der Waals surface area (Å²) in [5.74, 6) is 0. The van der Waals surface area contributed by atoms with E-state index >= 15 is 0 Å². The van der Waals surface area contributed by atoms with Gasteiger partial charge in [0.05, 0.1) is 6.33 Å². The zero-order valence-electron chi connectivity index (χ0n) is 7.94. The molecule has 0 aliphatic rings. The van der Waals surface area contributed by atoms with Crippen LogP contribution in [0, 0.1) is 0 Å². The number of halogens is 1. The highest BCUT2D eigenvalue weighted by Gasteiger charge is 2.03. The Balaban J connectivity index is 2.28. The largest absolute Gasteiger partial charge is 0.337 e. The maximum absolute atomic E-state index is 6.06. The fraction of sp³-hybridized carbons (Fsp3) is 0.182. The Morgan fingerprint density at radius 2 is 2.14 bits per heavy atom. The van der Waals surface area contributed by atoms with Crippen LogP contribution in [0.1, 0.15) is 11.3 Å². The molecule has 0 bridgehead atoms. The predicted molar refractivity (Wildman–Crippen MR) is 57.5 cm³/mol.